The molecule has 8 heteroatoms. The average molecular weight is 346 g/mol. The average Bonchev–Trinajstić information content (AvgIpc) is 3.30. The molecule has 4 heterocycles. The first kappa shape index (κ1) is 16.3. The number of carbonyl (C=O) groups excluding carboxylic acids is 1. The Morgan fingerprint density at radius 1 is 1.44 bits per heavy atom. The number of rotatable bonds is 5. The van der Waals surface area contributed by atoms with E-state index in [0.717, 1.165) is 37.7 Å². The van der Waals surface area contributed by atoms with Gasteiger partial charge in [0.2, 0.25) is 0 Å². The van der Waals surface area contributed by atoms with Gasteiger partial charge in [0, 0.05) is 43.6 Å². The highest BCUT2D eigenvalue weighted by Gasteiger charge is 2.50. The number of aryl methyl sites for hydroxylation is 2. The van der Waals surface area contributed by atoms with Gasteiger partial charge in [-0.15, -0.1) is 0 Å². The second-order valence-corrected chi connectivity index (χ2v) is 7.15. The molecule has 2 atom stereocenters. The highest BCUT2D eigenvalue weighted by atomic mass is 16.5. The number of fused-ring (bicyclic) bond motifs is 1. The maximum Gasteiger partial charge on any atom is 0.256 e. The summed E-state index contributed by atoms with van der Waals surface area (Å²) >= 11 is 0. The predicted octanol–water partition coefficient (Wildman–Crippen LogP) is 1.16. The minimum absolute atomic E-state index is 0.0560. The van der Waals surface area contributed by atoms with Crippen molar-refractivity contribution in [2.75, 3.05) is 32.8 Å². The number of aromatic nitrogens is 2. The number of amides is 1. The number of nitrogens with zero attached hydrogens (tertiary/aromatic N) is 3. The van der Waals surface area contributed by atoms with E-state index in [1.54, 1.807) is 6.92 Å². The number of nitrogens with one attached hydrogen (secondary N) is 1. The highest BCUT2D eigenvalue weighted by molar-refractivity contribution is 5.94. The smallest absolute Gasteiger partial charge is 0.256 e. The minimum atomic E-state index is -0.149. The Balaban J connectivity index is 1.41. The van der Waals surface area contributed by atoms with E-state index in [9.17, 15) is 4.79 Å². The fourth-order valence-corrected chi connectivity index (χ4v) is 3.90. The monoisotopic (exact) mass is 346 g/mol. The largest absolute Gasteiger partial charge is 0.380 e. The van der Waals surface area contributed by atoms with Crippen LogP contribution >= 0.6 is 0 Å². The molecule has 2 aliphatic heterocycles. The van der Waals surface area contributed by atoms with E-state index in [2.05, 4.69) is 20.5 Å². The summed E-state index contributed by atoms with van der Waals surface area (Å²) in [5, 5.41) is 10.8. The maximum atomic E-state index is 12.4. The molecule has 2 fully saturated rings. The molecule has 1 N–H and O–H groups in total. The molecule has 8 nitrogen and oxygen atoms in total. The first-order valence-corrected chi connectivity index (χ1v) is 8.47. The number of likely N-dealkylation sites (tertiary alicyclic amines) is 1. The first-order valence-electron chi connectivity index (χ1n) is 8.47. The van der Waals surface area contributed by atoms with E-state index < -0.39 is 0 Å². The summed E-state index contributed by atoms with van der Waals surface area (Å²) < 4.78 is 15.8. The standard InChI is InChI=1S/C17H22N4O4/c1-11-3-14(20-24-11)6-21-5-13-7-23-10-17(13,9-21)8-18-16(22)15-4-19-25-12(15)2/h3-4,13H,5-10H2,1-2H3,(H,18,22)/t13-,17+/m1/s1. The Bertz CT molecular complexity index is 770. The zero-order valence-corrected chi connectivity index (χ0v) is 14.4. The van der Waals surface area contributed by atoms with Crippen molar-refractivity contribution in [3.05, 3.63) is 35.0 Å². The summed E-state index contributed by atoms with van der Waals surface area (Å²) in [4.78, 5) is 14.7. The third-order valence-electron chi connectivity index (χ3n) is 5.25. The van der Waals surface area contributed by atoms with Crippen LogP contribution in [0.4, 0.5) is 0 Å². The van der Waals surface area contributed by atoms with Gasteiger partial charge >= 0.3 is 0 Å². The van der Waals surface area contributed by atoms with Crippen molar-refractivity contribution in [2.24, 2.45) is 11.3 Å². The molecule has 0 unspecified atom stereocenters. The van der Waals surface area contributed by atoms with Gasteiger partial charge in [0.1, 0.15) is 17.1 Å². The van der Waals surface area contributed by atoms with Crippen molar-refractivity contribution in [3.8, 4) is 0 Å². The van der Waals surface area contributed by atoms with Crippen molar-refractivity contribution in [2.45, 2.75) is 20.4 Å². The zero-order chi connectivity index (χ0) is 17.4. The summed E-state index contributed by atoms with van der Waals surface area (Å²) in [5.74, 6) is 1.61. The van der Waals surface area contributed by atoms with Crippen molar-refractivity contribution >= 4 is 5.91 Å². The molecule has 4 rings (SSSR count). The molecule has 2 saturated heterocycles. The number of hydrogen-bond donors (Lipinski definition) is 1. The van der Waals surface area contributed by atoms with Crippen LogP contribution in [0.15, 0.2) is 21.3 Å². The third-order valence-corrected chi connectivity index (χ3v) is 5.25. The molecule has 0 bridgehead atoms. The molecule has 0 radical (unpaired) electrons. The zero-order valence-electron chi connectivity index (χ0n) is 14.4. The highest BCUT2D eigenvalue weighted by Crippen LogP contribution is 2.41. The van der Waals surface area contributed by atoms with Crippen LogP contribution in [0.1, 0.15) is 27.6 Å². The predicted molar refractivity (Wildman–Crippen MR) is 86.8 cm³/mol. The number of carbonyl (C=O) groups is 1. The third kappa shape index (κ3) is 3.07. The molecule has 134 valence electrons. The van der Waals surface area contributed by atoms with Crippen LogP contribution in [-0.2, 0) is 11.3 Å². The van der Waals surface area contributed by atoms with Crippen LogP contribution in [0.5, 0.6) is 0 Å². The molecule has 0 saturated carbocycles. The van der Waals surface area contributed by atoms with Gasteiger partial charge in [0.05, 0.1) is 25.1 Å². The molecule has 2 aromatic rings. The molecule has 2 aliphatic rings. The summed E-state index contributed by atoms with van der Waals surface area (Å²) in [5.41, 5.74) is 1.37. The van der Waals surface area contributed by atoms with Gasteiger partial charge in [-0.25, -0.2) is 0 Å². The second-order valence-electron chi connectivity index (χ2n) is 7.15. The van der Waals surface area contributed by atoms with Gasteiger partial charge in [-0.1, -0.05) is 10.3 Å². The quantitative estimate of drug-likeness (QED) is 0.868. The topological polar surface area (TPSA) is 93.6 Å². The molecule has 0 aliphatic carbocycles. The summed E-state index contributed by atoms with van der Waals surface area (Å²) in [7, 11) is 0. The lowest BCUT2D eigenvalue weighted by Crippen LogP contribution is -2.43. The van der Waals surface area contributed by atoms with Gasteiger partial charge in [-0.05, 0) is 13.8 Å². The first-order chi connectivity index (χ1) is 12.1. The Kier molecular flexibility index (Phi) is 4.09. The van der Waals surface area contributed by atoms with E-state index in [0.29, 0.717) is 30.4 Å². The van der Waals surface area contributed by atoms with Crippen LogP contribution in [0.2, 0.25) is 0 Å². The fourth-order valence-electron chi connectivity index (χ4n) is 3.90. The number of hydrogen-bond acceptors (Lipinski definition) is 7. The molecule has 2 aromatic heterocycles. The summed E-state index contributed by atoms with van der Waals surface area (Å²) in [6, 6.07) is 1.97. The van der Waals surface area contributed by atoms with Crippen LogP contribution in [0.3, 0.4) is 0 Å². The lowest BCUT2D eigenvalue weighted by molar-refractivity contribution is 0.0902. The van der Waals surface area contributed by atoms with E-state index >= 15 is 0 Å². The lowest BCUT2D eigenvalue weighted by atomic mass is 9.81. The van der Waals surface area contributed by atoms with Gasteiger partial charge in [0.15, 0.2) is 0 Å². The molecule has 1 amide bonds. The van der Waals surface area contributed by atoms with Crippen molar-refractivity contribution in [1.82, 2.24) is 20.5 Å². The van der Waals surface area contributed by atoms with Gasteiger partial charge < -0.3 is 19.1 Å². The van der Waals surface area contributed by atoms with Crippen molar-refractivity contribution in [1.29, 1.82) is 0 Å². The van der Waals surface area contributed by atoms with Crippen molar-refractivity contribution in [3.63, 3.8) is 0 Å². The molecule has 0 aromatic carbocycles. The van der Waals surface area contributed by atoms with Crippen molar-refractivity contribution < 1.29 is 18.6 Å². The maximum absolute atomic E-state index is 12.4. The van der Waals surface area contributed by atoms with Crippen LogP contribution in [-0.4, -0.2) is 54.0 Å². The SMILES string of the molecule is Cc1cc(CN2C[C@@H]3COC[C@]3(CNC(=O)c3cnoc3C)C2)no1. The number of ether oxygens (including phenoxy) is 1. The Morgan fingerprint density at radius 3 is 3.04 bits per heavy atom. The van der Waals surface area contributed by atoms with E-state index in [1.165, 1.54) is 6.20 Å². The van der Waals surface area contributed by atoms with Crippen LogP contribution in [0.25, 0.3) is 0 Å². The van der Waals surface area contributed by atoms with Gasteiger partial charge in [0.25, 0.3) is 5.91 Å². The summed E-state index contributed by atoms with van der Waals surface area (Å²) in [6.07, 6.45) is 1.46. The van der Waals surface area contributed by atoms with Crippen LogP contribution in [0, 0.1) is 25.2 Å². The fraction of sp³-hybridized carbons (Fsp3) is 0.588. The van der Waals surface area contributed by atoms with Crippen LogP contribution < -0.4 is 5.32 Å². The molecular weight excluding hydrogens is 324 g/mol. The minimum Gasteiger partial charge on any atom is -0.380 e. The molecule has 0 spiro atoms. The van der Waals surface area contributed by atoms with E-state index in [1.807, 2.05) is 13.0 Å². The Morgan fingerprint density at radius 2 is 2.32 bits per heavy atom. The second kappa shape index (κ2) is 6.27. The van der Waals surface area contributed by atoms with Gasteiger partial charge in [-0.2, -0.15) is 0 Å². The van der Waals surface area contributed by atoms with Gasteiger partial charge in [-0.3, -0.25) is 9.69 Å². The lowest BCUT2D eigenvalue weighted by Gasteiger charge is -2.27. The Labute approximate surface area is 145 Å². The van der Waals surface area contributed by atoms with E-state index in [4.69, 9.17) is 13.8 Å². The van der Waals surface area contributed by atoms with E-state index in [-0.39, 0.29) is 11.3 Å². The summed E-state index contributed by atoms with van der Waals surface area (Å²) in [6.45, 7) is 8.17. The molecule has 25 heavy (non-hydrogen) atoms. The molecular formula is C17H22N4O4. The normalized spacial score (nSPS) is 26.1. The Hall–Kier alpha value is -2.19.